The maximum absolute atomic E-state index is 5.71. The quantitative estimate of drug-likeness (QED) is 0.770. The lowest BCUT2D eigenvalue weighted by molar-refractivity contribution is 0.131. The first kappa shape index (κ1) is 10.5. The van der Waals surface area contributed by atoms with Gasteiger partial charge in [-0.3, -0.25) is 0 Å². The minimum absolute atomic E-state index is 0.252. The fourth-order valence-electron chi connectivity index (χ4n) is 2.68. The molecule has 0 amide bonds. The van der Waals surface area contributed by atoms with Crippen LogP contribution in [0.2, 0.25) is 0 Å². The Balaban J connectivity index is 2.28. The molecule has 0 heterocycles. The van der Waals surface area contributed by atoms with E-state index in [1.54, 1.807) is 7.11 Å². The van der Waals surface area contributed by atoms with E-state index in [1.165, 1.54) is 31.2 Å². The Bertz CT molecular complexity index is 312. The molecule has 1 aliphatic carbocycles. The first-order valence-corrected chi connectivity index (χ1v) is 5.62. The van der Waals surface area contributed by atoms with Crippen molar-refractivity contribution < 1.29 is 4.74 Å². The molecule has 82 valence electrons. The van der Waals surface area contributed by atoms with E-state index in [0.717, 1.165) is 12.3 Å². The lowest BCUT2D eigenvalue weighted by Crippen LogP contribution is -2.27. The van der Waals surface area contributed by atoms with E-state index in [-0.39, 0.29) is 5.41 Å². The number of nitrogen functional groups attached to an aromatic ring is 1. The maximum atomic E-state index is 5.71. The van der Waals surface area contributed by atoms with Gasteiger partial charge < -0.3 is 10.5 Å². The Morgan fingerprint density at radius 2 is 1.80 bits per heavy atom. The van der Waals surface area contributed by atoms with Gasteiger partial charge in [0.2, 0.25) is 0 Å². The molecule has 0 bridgehead atoms. The van der Waals surface area contributed by atoms with E-state index >= 15 is 0 Å². The third kappa shape index (κ3) is 2.00. The highest BCUT2D eigenvalue weighted by molar-refractivity contribution is 5.42. The van der Waals surface area contributed by atoms with Crippen LogP contribution in [0.4, 0.5) is 5.69 Å². The number of ether oxygens (including phenoxy) is 1. The van der Waals surface area contributed by atoms with Crippen molar-refractivity contribution in [3.63, 3.8) is 0 Å². The van der Waals surface area contributed by atoms with Crippen LogP contribution in [0.3, 0.4) is 0 Å². The van der Waals surface area contributed by atoms with Crippen LogP contribution in [-0.4, -0.2) is 13.7 Å². The van der Waals surface area contributed by atoms with E-state index in [1.807, 2.05) is 12.1 Å². The molecule has 2 N–H and O–H groups in total. The van der Waals surface area contributed by atoms with Crippen LogP contribution in [0.25, 0.3) is 0 Å². The Morgan fingerprint density at radius 3 is 2.33 bits per heavy atom. The standard InChI is InChI=1S/C13H19NO/c1-15-10-13(8-2-3-9-13)11-4-6-12(14)7-5-11/h4-7H,2-3,8-10,14H2,1H3. The summed E-state index contributed by atoms with van der Waals surface area (Å²) in [5.74, 6) is 0. The van der Waals surface area contributed by atoms with Gasteiger partial charge in [-0.15, -0.1) is 0 Å². The molecule has 2 nitrogen and oxygen atoms in total. The van der Waals surface area contributed by atoms with E-state index in [9.17, 15) is 0 Å². The van der Waals surface area contributed by atoms with E-state index in [2.05, 4.69) is 12.1 Å². The average Bonchev–Trinajstić information content (AvgIpc) is 2.69. The van der Waals surface area contributed by atoms with Gasteiger partial charge in [0.25, 0.3) is 0 Å². The molecule has 1 aliphatic rings. The monoisotopic (exact) mass is 205 g/mol. The molecule has 0 spiro atoms. The van der Waals surface area contributed by atoms with Gasteiger partial charge in [-0.25, -0.2) is 0 Å². The first-order valence-electron chi connectivity index (χ1n) is 5.62. The summed E-state index contributed by atoms with van der Waals surface area (Å²) in [5.41, 5.74) is 8.19. The molecule has 2 heteroatoms. The second kappa shape index (κ2) is 4.23. The van der Waals surface area contributed by atoms with Crippen LogP contribution in [0.15, 0.2) is 24.3 Å². The largest absolute Gasteiger partial charge is 0.399 e. The van der Waals surface area contributed by atoms with Crippen molar-refractivity contribution in [3.8, 4) is 0 Å². The molecule has 1 saturated carbocycles. The van der Waals surface area contributed by atoms with Crippen LogP contribution in [0.5, 0.6) is 0 Å². The summed E-state index contributed by atoms with van der Waals surface area (Å²) in [6.07, 6.45) is 5.11. The van der Waals surface area contributed by atoms with Gasteiger partial charge in [0.1, 0.15) is 0 Å². The molecule has 0 atom stereocenters. The summed E-state index contributed by atoms with van der Waals surface area (Å²) in [6.45, 7) is 0.830. The Morgan fingerprint density at radius 1 is 1.20 bits per heavy atom. The summed E-state index contributed by atoms with van der Waals surface area (Å²) >= 11 is 0. The number of hydrogen-bond donors (Lipinski definition) is 1. The van der Waals surface area contributed by atoms with Gasteiger partial charge in [0, 0.05) is 18.2 Å². The van der Waals surface area contributed by atoms with Crippen LogP contribution in [0, 0.1) is 0 Å². The van der Waals surface area contributed by atoms with Gasteiger partial charge in [0.05, 0.1) is 6.61 Å². The predicted molar refractivity (Wildman–Crippen MR) is 62.9 cm³/mol. The van der Waals surface area contributed by atoms with Crippen molar-refractivity contribution in [2.45, 2.75) is 31.1 Å². The topological polar surface area (TPSA) is 35.2 Å². The van der Waals surface area contributed by atoms with Crippen LogP contribution < -0.4 is 5.73 Å². The maximum Gasteiger partial charge on any atom is 0.0559 e. The second-order valence-electron chi connectivity index (χ2n) is 4.54. The fraction of sp³-hybridized carbons (Fsp3) is 0.538. The van der Waals surface area contributed by atoms with Gasteiger partial charge in [0.15, 0.2) is 0 Å². The van der Waals surface area contributed by atoms with Gasteiger partial charge in [-0.2, -0.15) is 0 Å². The number of rotatable bonds is 3. The van der Waals surface area contributed by atoms with Crippen LogP contribution in [-0.2, 0) is 10.2 Å². The second-order valence-corrected chi connectivity index (χ2v) is 4.54. The molecular weight excluding hydrogens is 186 g/mol. The zero-order valence-electron chi connectivity index (χ0n) is 9.33. The molecule has 0 saturated heterocycles. The van der Waals surface area contributed by atoms with Crippen molar-refractivity contribution in [2.75, 3.05) is 19.5 Å². The van der Waals surface area contributed by atoms with Crippen molar-refractivity contribution in [2.24, 2.45) is 0 Å². The van der Waals surface area contributed by atoms with E-state index in [0.29, 0.717) is 0 Å². The lowest BCUT2D eigenvalue weighted by atomic mass is 9.79. The summed E-state index contributed by atoms with van der Waals surface area (Å²) in [5, 5.41) is 0. The zero-order valence-corrected chi connectivity index (χ0v) is 9.33. The number of benzene rings is 1. The average molecular weight is 205 g/mol. The normalized spacial score (nSPS) is 19.3. The summed E-state index contributed by atoms with van der Waals surface area (Å²) in [6, 6.07) is 8.29. The fourth-order valence-corrected chi connectivity index (χ4v) is 2.68. The Hall–Kier alpha value is -1.02. The smallest absolute Gasteiger partial charge is 0.0559 e. The molecule has 0 aliphatic heterocycles. The molecule has 0 radical (unpaired) electrons. The minimum atomic E-state index is 0.252. The van der Waals surface area contributed by atoms with Gasteiger partial charge in [-0.1, -0.05) is 25.0 Å². The highest BCUT2D eigenvalue weighted by Crippen LogP contribution is 2.41. The molecule has 1 fully saturated rings. The predicted octanol–water partition coefficient (Wildman–Crippen LogP) is 2.73. The Kier molecular flexibility index (Phi) is 2.96. The number of hydrogen-bond acceptors (Lipinski definition) is 2. The number of nitrogens with two attached hydrogens (primary N) is 1. The highest BCUT2D eigenvalue weighted by Gasteiger charge is 2.35. The molecule has 0 unspecified atom stereocenters. The van der Waals surface area contributed by atoms with Crippen molar-refractivity contribution >= 4 is 5.69 Å². The van der Waals surface area contributed by atoms with Crippen molar-refractivity contribution in [1.82, 2.24) is 0 Å². The summed E-state index contributed by atoms with van der Waals surface area (Å²) in [4.78, 5) is 0. The summed E-state index contributed by atoms with van der Waals surface area (Å²) < 4.78 is 5.38. The minimum Gasteiger partial charge on any atom is -0.399 e. The van der Waals surface area contributed by atoms with Crippen molar-refractivity contribution in [1.29, 1.82) is 0 Å². The zero-order chi connectivity index (χ0) is 10.7. The highest BCUT2D eigenvalue weighted by atomic mass is 16.5. The SMILES string of the molecule is COCC1(c2ccc(N)cc2)CCCC1. The van der Waals surface area contributed by atoms with E-state index < -0.39 is 0 Å². The lowest BCUT2D eigenvalue weighted by Gasteiger charge is -2.28. The summed E-state index contributed by atoms with van der Waals surface area (Å²) in [7, 11) is 1.79. The molecule has 1 aromatic carbocycles. The molecule has 0 aromatic heterocycles. The third-order valence-corrected chi connectivity index (χ3v) is 3.50. The molecular formula is C13H19NO. The third-order valence-electron chi connectivity index (χ3n) is 3.50. The number of methoxy groups -OCH3 is 1. The molecule has 2 rings (SSSR count). The Labute approximate surface area is 91.4 Å². The van der Waals surface area contributed by atoms with Crippen LogP contribution in [0.1, 0.15) is 31.2 Å². The van der Waals surface area contributed by atoms with Gasteiger partial charge >= 0.3 is 0 Å². The first-order chi connectivity index (χ1) is 7.27. The molecule has 1 aromatic rings. The molecule has 15 heavy (non-hydrogen) atoms. The van der Waals surface area contributed by atoms with Crippen LogP contribution >= 0.6 is 0 Å². The van der Waals surface area contributed by atoms with Crippen molar-refractivity contribution in [3.05, 3.63) is 29.8 Å². The number of anilines is 1. The van der Waals surface area contributed by atoms with Gasteiger partial charge in [-0.05, 0) is 30.5 Å². The van der Waals surface area contributed by atoms with E-state index in [4.69, 9.17) is 10.5 Å².